The van der Waals surface area contributed by atoms with Gasteiger partial charge in [-0.3, -0.25) is 0 Å². The van der Waals surface area contributed by atoms with Crippen LogP contribution in [0.3, 0.4) is 0 Å². The molecule has 0 bridgehead atoms. The first-order valence-electron chi connectivity index (χ1n) is 6.67. The van der Waals surface area contributed by atoms with E-state index in [1.54, 1.807) is 0 Å². The van der Waals surface area contributed by atoms with Gasteiger partial charge in [0, 0.05) is 11.8 Å². The number of fused-ring (bicyclic) bond motifs is 1. The van der Waals surface area contributed by atoms with Crippen molar-refractivity contribution in [2.75, 3.05) is 18.5 Å². The highest BCUT2D eigenvalue weighted by Crippen LogP contribution is 2.33. The Morgan fingerprint density at radius 3 is 2.67 bits per heavy atom. The molecule has 1 aliphatic carbocycles. The molecule has 0 aromatic heterocycles. The molecule has 18 heavy (non-hydrogen) atoms. The van der Waals surface area contributed by atoms with E-state index in [1.807, 2.05) is 18.2 Å². The quantitative estimate of drug-likeness (QED) is 0.843. The molecule has 1 aliphatic heterocycles. The Hall–Kier alpha value is -1.42. The second-order valence-electron chi connectivity index (χ2n) is 4.96. The van der Waals surface area contributed by atoms with Gasteiger partial charge in [0.15, 0.2) is 11.5 Å². The number of rotatable bonds is 2. The van der Waals surface area contributed by atoms with Gasteiger partial charge in [0.1, 0.15) is 13.2 Å². The Bertz CT molecular complexity index is 422. The number of aliphatic hydroxyl groups is 1. The fourth-order valence-corrected chi connectivity index (χ4v) is 2.63. The molecular formula is C14H19NO3. The van der Waals surface area contributed by atoms with Crippen LogP contribution in [-0.2, 0) is 0 Å². The van der Waals surface area contributed by atoms with Crippen LogP contribution >= 0.6 is 0 Å². The summed E-state index contributed by atoms with van der Waals surface area (Å²) in [5.74, 6) is 1.59. The molecule has 4 heteroatoms. The maximum atomic E-state index is 9.95. The first kappa shape index (κ1) is 11.7. The Labute approximate surface area is 107 Å². The summed E-state index contributed by atoms with van der Waals surface area (Å²) in [5.41, 5.74) is 0.991. The third-order valence-electron chi connectivity index (χ3n) is 3.62. The van der Waals surface area contributed by atoms with Crippen molar-refractivity contribution < 1.29 is 14.6 Å². The molecular weight excluding hydrogens is 230 g/mol. The normalized spacial score (nSPS) is 26.7. The van der Waals surface area contributed by atoms with E-state index in [4.69, 9.17) is 9.47 Å². The minimum atomic E-state index is -0.244. The molecule has 4 nitrogen and oxygen atoms in total. The minimum absolute atomic E-state index is 0.154. The van der Waals surface area contributed by atoms with Gasteiger partial charge < -0.3 is 19.9 Å². The number of hydrogen-bond donors (Lipinski definition) is 2. The molecule has 3 rings (SSSR count). The molecule has 2 N–H and O–H groups in total. The average molecular weight is 249 g/mol. The van der Waals surface area contributed by atoms with Gasteiger partial charge >= 0.3 is 0 Å². The lowest BCUT2D eigenvalue weighted by molar-refractivity contribution is 0.116. The Morgan fingerprint density at radius 2 is 1.83 bits per heavy atom. The topological polar surface area (TPSA) is 50.7 Å². The number of anilines is 1. The molecule has 0 amide bonds. The lowest BCUT2D eigenvalue weighted by Gasteiger charge is -2.29. The molecule has 0 unspecified atom stereocenters. The number of aliphatic hydroxyl groups excluding tert-OH is 1. The SMILES string of the molecule is O[C@H]1CCCC[C@@H]1Nc1ccc2c(c1)OCCO2. The van der Waals surface area contributed by atoms with Crippen molar-refractivity contribution in [3.63, 3.8) is 0 Å². The molecule has 1 heterocycles. The Kier molecular flexibility index (Phi) is 3.28. The van der Waals surface area contributed by atoms with E-state index in [2.05, 4.69) is 5.32 Å². The minimum Gasteiger partial charge on any atom is -0.486 e. The molecule has 0 saturated heterocycles. The summed E-state index contributed by atoms with van der Waals surface area (Å²) in [5, 5.41) is 13.3. The van der Waals surface area contributed by atoms with Crippen LogP contribution in [0.15, 0.2) is 18.2 Å². The number of ether oxygens (including phenoxy) is 2. The number of nitrogens with one attached hydrogen (secondary N) is 1. The lowest BCUT2D eigenvalue weighted by Crippen LogP contribution is -2.36. The third-order valence-corrected chi connectivity index (χ3v) is 3.62. The summed E-state index contributed by atoms with van der Waals surface area (Å²) >= 11 is 0. The smallest absolute Gasteiger partial charge is 0.163 e. The van der Waals surface area contributed by atoms with E-state index in [0.717, 1.165) is 36.4 Å². The highest BCUT2D eigenvalue weighted by atomic mass is 16.6. The zero-order chi connectivity index (χ0) is 12.4. The van der Waals surface area contributed by atoms with Crippen molar-refractivity contribution >= 4 is 5.69 Å². The number of benzene rings is 1. The van der Waals surface area contributed by atoms with Gasteiger partial charge in [-0.2, -0.15) is 0 Å². The van der Waals surface area contributed by atoms with Gasteiger partial charge in [0.25, 0.3) is 0 Å². The van der Waals surface area contributed by atoms with Crippen LogP contribution in [0, 0.1) is 0 Å². The van der Waals surface area contributed by atoms with Gasteiger partial charge in [-0.1, -0.05) is 12.8 Å². The Morgan fingerprint density at radius 1 is 1.06 bits per heavy atom. The maximum absolute atomic E-state index is 9.95. The second-order valence-corrected chi connectivity index (χ2v) is 4.96. The fraction of sp³-hybridized carbons (Fsp3) is 0.571. The van der Waals surface area contributed by atoms with Gasteiger partial charge in [-0.25, -0.2) is 0 Å². The van der Waals surface area contributed by atoms with Crippen LogP contribution in [0.4, 0.5) is 5.69 Å². The molecule has 1 aromatic rings. The van der Waals surface area contributed by atoms with E-state index >= 15 is 0 Å². The zero-order valence-electron chi connectivity index (χ0n) is 10.4. The predicted molar refractivity (Wildman–Crippen MR) is 69.3 cm³/mol. The molecule has 0 radical (unpaired) electrons. The van der Waals surface area contributed by atoms with E-state index < -0.39 is 0 Å². The van der Waals surface area contributed by atoms with Gasteiger partial charge in [0.2, 0.25) is 0 Å². The molecule has 2 aliphatic rings. The van der Waals surface area contributed by atoms with E-state index in [1.165, 1.54) is 6.42 Å². The fourth-order valence-electron chi connectivity index (χ4n) is 2.63. The third kappa shape index (κ3) is 2.38. The molecule has 0 spiro atoms. The molecule has 98 valence electrons. The van der Waals surface area contributed by atoms with Crippen LogP contribution in [0.2, 0.25) is 0 Å². The van der Waals surface area contributed by atoms with Crippen LogP contribution < -0.4 is 14.8 Å². The standard InChI is InChI=1S/C14H19NO3/c16-12-4-2-1-3-11(12)15-10-5-6-13-14(9-10)18-8-7-17-13/h5-6,9,11-12,15-16H,1-4,7-8H2/t11-,12-/m0/s1. The van der Waals surface area contributed by atoms with Crippen LogP contribution in [0.1, 0.15) is 25.7 Å². The first-order valence-corrected chi connectivity index (χ1v) is 6.67. The summed E-state index contributed by atoms with van der Waals surface area (Å²) in [4.78, 5) is 0. The molecule has 1 aromatic carbocycles. The molecule has 1 fully saturated rings. The summed E-state index contributed by atoms with van der Waals surface area (Å²) in [6.45, 7) is 1.21. The molecule has 2 atom stereocenters. The average Bonchev–Trinajstić information content (AvgIpc) is 2.41. The number of hydrogen-bond acceptors (Lipinski definition) is 4. The zero-order valence-corrected chi connectivity index (χ0v) is 10.4. The van der Waals surface area contributed by atoms with Crippen molar-refractivity contribution in [1.82, 2.24) is 0 Å². The van der Waals surface area contributed by atoms with Crippen molar-refractivity contribution in [3.05, 3.63) is 18.2 Å². The van der Waals surface area contributed by atoms with Crippen LogP contribution in [-0.4, -0.2) is 30.5 Å². The maximum Gasteiger partial charge on any atom is 0.163 e. The van der Waals surface area contributed by atoms with E-state index in [0.29, 0.717) is 13.2 Å². The monoisotopic (exact) mass is 249 g/mol. The van der Waals surface area contributed by atoms with Crippen molar-refractivity contribution in [1.29, 1.82) is 0 Å². The first-order chi connectivity index (χ1) is 8.83. The van der Waals surface area contributed by atoms with Crippen LogP contribution in [0.5, 0.6) is 11.5 Å². The van der Waals surface area contributed by atoms with Crippen molar-refractivity contribution in [3.8, 4) is 11.5 Å². The summed E-state index contributed by atoms with van der Waals surface area (Å²) in [6, 6.07) is 6.01. The second kappa shape index (κ2) is 5.06. The predicted octanol–water partition coefficient (Wildman–Crippen LogP) is 2.17. The summed E-state index contributed by atoms with van der Waals surface area (Å²) in [7, 11) is 0. The lowest BCUT2D eigenvalue weighted by atomic mass is 9.92. The van der Waals surface area contributed by atoms with Gasteiger partial charge in [-0.05, 0) is 25.0 Å². The van der Waals surface area contributed by atoms with Gasteiger partial charge in [0.05, 0.1) is 12.1 Å². The van der Waals surface area contributed by atoms with E-state index in [-0.39, 0.29) is 12.1 Å². The summed E-state index contributed by atoms with van der Waals surface area (Å²) in [6.07, 6.45) is 3.98. The van der Waals surface area contributed by atoms with E-state index in [9.17, 15) is 5.11 Å². The molecule has 1 saturated carbocycles. The van der Waals surface area contributed by atoms with Crippen molar-refractivity contribution in [2.24, 2.45) is 0 Å². The van der Waals surface area contributed by atoms with Crippen LogP contribution in [0.25, 0.3) is 0 Å². The van der Waals surface area contributed by atoms with Gasteiger partial charge in [-0.15, -0.1) is 0 Å². The van der Waals surface area contributed by atoms with Crippen molar-refractivity contribution in [2.45, 2.75) is 37.8 Å². The Balaban J connectivity index is 1.72. The summed E-state index contributed by atoms with van der Waals surface area (Å²) < 4.78 is 11.0. The highest BCUT2D eigenvalue weighted by Gasteiger charge is 2.23. The largest absolute Gasteiger partial charge is 0.486 e. The highest BCUT2D eigenvalue weighted by molar-refractivity contribution is 5.55.